The summed E-state index contributed by atoms with van der Waals surface area (Å²) >= 11 is 0. The SMILES string of the molecule is Cn1cc(C(=O)N2CCC[C@H](CCc3c(F)cccc3F)C2)cn1. The number of carbonyl (C=O) groups is 1. The van der Waals surface area contributed by atoms with Gasteiger partial charge in [0.1, 0.15) is 11.6 Å². The summed E-state index contributed by atoms with van der Waals surface area (Å²) in [5.41, 5.74) is 0.728. The molecular weight excluding hydrogens is 312 g/mol. The molecule has 0 radical (unpaired) electrons. The number of piperidine rings is 1. The number of rotatable bonds is 4. The maximum absolute atomic E-state index is 13.7. The minimum absolute atomic E-state index is 0.0233. The van der Waals surface area contributed by atoms with Crippen LogP contribution in [-0.4, -0.2) is 33.7 Å². The summed E-state index contributed by atoms with van der Waals surface area (Å²) in [4.78, 5) is 14.3. The van der Waals surface area contributed by atoms with E-state index in [2.05, 4.69) is 5.10 Å². The maximum atomic E-state index is 13.7. The Balaban J connectivity index is 1.60. The largest absolute Gasteiger partial charge is 0.338 e. The number of carbonyl (C=O) groups excluding carboxylic acids is 1. The molecule has 1 saturated heterocycles. The summed E-state index contributed by atoms with van der Waals surface area (Å²) < 4.78 is 29.0. The average molecular weight is 333 g/mol. The Morgan fingerprint density at radius 1 is 1.33 bits per heavy atom. The first-order valence-corrected chi connectivity index (χ1v) is 8.25. The van der Waals surface area contributed by atoms with Crippen molar-refractivity contribution in [3.8, 4) is 0 Å². The van der Waals surface area contributed by atoms with Crippen LogP contribution in [0.1, 0.15) is 35.2 Å². The Morgan fingerprint density at radius 2 is 2.08 bits per heavy atom. The van der Waals surface area contributed by atoms with Crippen LogP contribution in [0.3, 0.4) is 0 Å². The third-order valence-electron chi connectivity index (χ3n) is 4.62. The number of nitrogens with zero attached hydrogens (tertiary/aromatic N) is 3. The Hall–Kier alpha value is -2.24. The highest BCUT2D eigenvalue weighted by molar-refractivity contribution is 5.93. The van der Waals surface area contributed by atoms with Crippen molar-refractivity contribution in [1.82, 2.24) is 14.7 Å². The standard InChI is InChI=1S/C18H21F2N3O/c1-22-12-14(10-21-22)18(24)23-9-3-4-13(11-23)7-8-15-16(19)5-2-6-17(15)20/h2,5-6,10,12-13H,3-4,7-9,11H2,1H3/t13-/m1/s1. The molecule has 0 aliphatic carbocycles. The van der Waals surface area contributed by atoms with Crippen LogP contribution in [0.5, 0.6) is 0 Å². The van der Waals surface area contributed by atoms with Crippen LogP contribution in [0.4, 0.5) is 8.78 Å². The van der Waals surface area contributed by atoms with Gasteiger partial charge in [-0.25, -0.2) is 8.78 Å². The van der Waals surface area contributed by atoms with E-state index in [0.29, 0.717) is 24.9 Å². The molecule has 1 aliphatic heterocycles. The fourth-order valence-corrected chi connectivity index (χ4v) is 3.32. The lowest BCUT2D eigenvalue weighted by Crippen LogP contribution is -2.40. The maximum Gasteiger partial charge on any atom is 0.257 e. The zero-order valence-corrected chi connectivity index (χ0v) is 13.7. The molecule has 0 unspecified atom stereocenters. The molecule has 0 bridgehead atoms. The molecule has 1 atom stereocenters. The van der Waals surface area contributed by atoms with Crippen LogP contribution in [-0.2, 0) is 13.5 Å². The molecule has 3 rings (SSSR count). The number of aromatic nitrogens is 2. The van der Waals surface area contributed by atoms with Crippen molar-refractivity contribution in [1.29, 1.82) is 0 Å². The Bertz CT molecular complexity index is 709. The van der Waals surface area contributed by atoms with Crippen molar-refractivity contribution >= 4 is 5.91 Å². The monoisotopic (exact) mass is 333 g/mol. The number of aryl methyl sites for hydroxylation is 1. The first-order valence-electron chi connectivity index (χ1n) is 8.25. The summed E-state index contributed by atoms with van der Waals surface area (Å²) in [7, 11) is 1.78. The van der Waals surface area contributed by atoms with E-state index in [1.165, 1.54) is 18.2 Å². The van der Waals surface area contributed by atoms with Crippen molar-refractivity contribution in [3.05, 3.63) is 53.4 Å². The predicted octanol–water partition coefficient (Wildman–Crippen LogP) is 3.18. The summed E-state index contributed by atoms with van der Waals surface area (Å²) in [5, 5.41) is 4.03. The van der Waals surface area contributed by atoms with E-state index < -0.39 is 11.6 Å². The van der Waals surface area contributed by atoms with Gasteiger partial charge in [-0.2, -0.15) is 5.10 Å². The van der Waals surface area contributed by atoms with Crippen LogP contribution < -0.4 is 0 Å². The van der Waals surface area contributed by atoms with Gasteiger partial charge in [-0.05, 0) is 43.7 Å². The Kier molecular flexibility index (Phi) is 4.92. The normalized spacial score (nSPS) is 18.0. The highest BCUT2D eigenvalue weighted by Crippen LogP contribution is 2.24. The third-order valence-corrected chi connectivity index (χ3v) is 4.62. The van der Waals surface area contributed by atoms with Gasteiger partial charge >= 0.3 is 0 Å². The molecule has 4 nitrogen and oxygen atoms in total. The average Bonchev–Trinajstić information content (AvgIpc) is 3.00. The van der Waals surface area contributed by atoms with Crippen molar-refractivity contribution in [3.63, 3.8) is 0 Å². The van der Waals surface area contributed by atoms with Crippen molar-refractivity contribution < 1.29 is 13.6 Å². The molecule has 2 heterocycles. The van der Waals surface area contributed by atoms with Gasteiger partial charge in [-0.1, -0.05) is 6.07 Å². The number of likely N-dealkylation sites (tertiary alicyclic amines) is 1. The van der Waals surface area contributed by atoms with Crippen LogP contribution in [0.25, 0.3) is 0 Å². The minimum Gasteiger partial charge on any atom is -0.338 e. The summed E-state index contributed by atoms with van der Waals surface area (Å²) in [6.07, 6.45) is 6.21. The van der Waals surface area contributed by atoms with Gasteiger partial charge in [0.25, 0.3) is 5.91 Å². The topological polar surface area (TPSA) is 38.1 Å². The van der Waals surface area contributed by atoms with Gasteiger partial charge in [-0.3, -0.25) is 9.48 Å². The predicted molar refractivity (Wildman–Crippen MR) is 86.5 cm³/mol. The molecule has 0 N–H and O–H groups in total. The quantitative estimate of drug-likeness (QED) is 0.862. The van der Waals surface area contributed by atoms with Crippen molar-refractivity contribution in [2.75, 3.05) is 13.1 Å². The number of amides is 1. The lowest BCUT2D eigenvalue weighted by molar-refractivity contribution is 0.0668. The Morgan fingerprint density at radius 3 is 2.75 bits per heavy atom. The number of hydrogen-bond acceptors (Lipinski definition) is 2. The second-order valence-electron chi connectivity index (χ2n) is 6.40. The number of halogens is 2. The first-order chi connectivity index (χ1) is 11.5. The van der Waals surface area contributed by atoms with Gasteiger partial charge in [0.2, 0.25) is 0 Å². The van der Waals surface area contributed by atoms with Gasteiger partial charge in [0, 0.05) is 31.9 Å². The summed E-state index contributed by atoms with van der Waals surface area (Å²) in [6, 6.07) is 3.96. The number of hydrogen-bond donors (Lipinski definition) is 0. The minimum atomic E-state index is -0.492. The second-order valence-corrected chi connectivity index (χ2v) is 6.40. The summed E-state index contributed by atoms with van der Waals surface area (Å²) in [5.74, 6) is -0.744. The molecule has 0 saturated carbocycles. The van der Waals surface area contributed by atoms with E-state index in [-0.39, 0.29) is 17.4 Å². The molecule has 1 aromatic heterocycles. The molecular formula is C18H21F2N3O. The molecule has 1 fully saturated rings. The van der Waals surface area contributed by atoms with Crippen LogP contribution in [0.2, 0.25) is 0 Å². The first kappa shape index (κ1) is 16.6. The van der Waals surface area contributed by atoms with Crippen LogP contribution in [0.15, 0.2) is 30.6 Å². The van der Waals surface area contributed by atoms with E-state index in [0.717, 1.165) is 19.4 Å². The van der Waals surface area contributed by atoms with E-state index in [9.17, 15) is 13.6 Å². The molecule has 24 heavy (non-hydrogen) atoms. The molecule has 6 heteroatoms. The molecule has 1 aromatic carbocycles. The second kappa shape index (κ2) is 7.11. The smallest absolute Gasteiger partial charge is 0.257 e. The molecule has 128 valence electrons. The van der Waals surface area contributed by atoms with Crippen LogP contribution in [0, 0.1) is 17.6 Å². The zero-order valence-electron chi connectivity index (χ0n) is 13.7. The highest BCUT2D eigenvalue weighted by Gasteiger charge is 2.25. The van der Waals surface area contributed by atoms with E-state index in [1.54, 1.807) is 24.1 Å². The lowest BCUT2D eigenvalue weighted by Gasteiger charge is -2.32. The zero-order chi connectivity index (χ0) is 17.1. The highest BCUT2D eigenvalue weighted by atomic mass is 19.1. The summed E-state index contributed by atoms with van der Waals surface area (Å²) in [6.45, 7) is 1.35. The van der Waals surface area contributed by atoms with Gasteiger partial charge < -0.3 is 4.90 Å². The molecule has 1 aliphatic rings. The van der Waals surface area contributed by atoms with Gasteiger partial charge in [-0.15, -0.1) is 0 Å². The van der Waals surface area contributed by atoms with E-state index >= 15 is 0 Å². The molecule has 2 aromatic rings. The van der Waals surface area contributed by atoms with E-state index in [1.807, 2.05) is 4.90 Å². The van der Waals surface area contributed by atoms with Crippen molar-refractivity contribution in [2.24, 2.45) is 13.0 Å². The molecule has 0 spiro atoms. The van der Waals surface area contributed by atoms with Crippen molar-refractivity contribution in [2.45, 2.75) is 25.7 Å². The molecule has 1 amide bonds. The van der Waals surface area contributed by atoms with Gasteiger partial charge in [0.15, 0.2) is 0 Å². The van der Waals surface area contributed by atoms with Gasteiger partial charge in [0.05, 0.1) is 11.8 Å². The fourth-order valence-electron chi connectivity index (χ4n) is 3.32. The van der Waals surface area contributed by atoms with Crippen LogP contribution >= 0.6 is 0 Å². The Labute approximate surface area is 140 Å². The number of benzene rings is 1. The fraction of sp³-hybridized carbons (Fsp3) is 0.444. The van der Waals surface area contributed by atoms with E-state index in [4.69, 9.17) is 0 Å². The lowest BCUT2D eigenvalue weighted by atomic mass is 9.91. The third kappa shape index (κ3) is 3.63.